The lowest BCUT2D eigenvalue weighted by Gasteiger charge is -2.10. The average molecular weight is 300 g/mol. The van der Waals surface area contributed by atoms with Gasteiger partial charge in [0.2, 0.25) is 5.91 Å². The monoisotopic (exact) mass is 299 g/mol. The van der Waals surface area contributed by atoms with Crippen LogP contribution in [-0.2, 0) is 11.2 Å². The van der Waals surface area contributed by atoms with Crippen molar-refractivity contribution in [3.8, 4) is 0 Å². The van der Waals surface area contributed by atoms with Crippen LogP contribution in [-0.4, -0.2) is 11.7 Å². The Hall–Kier alpha value is -2.13. The van der Waals surface area contributed by atoms with Crippen molar-refractivity contribution < 1.29 is 9.59 Å². The average Bonchev–Trinajstić information content (AvgIpc) is 2.91. The summed E-state index contributed by atoms with van der Waals surface area (Å²) in [5, 5.41) is 0.596. The topological polar surface area (TPSA) is 60.2 Å². The highest BCUT2D eigenvalue weighted by molar-refractivity contribution is 6.30. The molecular weight excluding hydrogens is 286 g/mol. The van der Waals surface area contributed by atoms with Gasteiger partial charge in [-0.15, -0.1) is 0 Å². The van der Waals surface area contributed by atoms with Gasteiger partial charge in [0.25, 0.3) is 0 Å². The van der Waals surface area contributed by atoms with E-state index in [1.807, 2.05) is 12.1 Å². The van der Waals surface area contributed by atoms with Crippen molar-refractivity contribution in [2.24, 2.45) is 5.73 Å². The van der Waals surface area contributed by atoms with Gasteiger partial charge < -0.3 is 5.73 Å². The molecule has 1 aliphatic rings. The Morgan fingerprint density at radius 3 is 2.48 bits per heavy atom. The van der Waals surface area contributed by atoms with Crippen molar-refractivity contribution in [1.29, 1.82) is 0 Å². The van der Waals surface area contributed by atoms with Crippen molar-refractivity contribution >= 4 is 23.3 Å². The van der Waals surface area contributed by atoms with Crippen LogP contribution in [0.2, 0.25) is 5.02 Å². The number of amides is 1. The van der Waals surface area contributed by atoms with Gasteiger partial charge in [0.1, 0.15) is 0 Å². The fraction of sp³-hybridized carbons (Fsp3) is 0.176. The van der Waals surface area contributed by atoms with E-state index < -0.39 is 0 Å². The van der Waals surface area contributed by atoms with Crippen molar-refractivity contribution in [1.82, 2.24) is 0 Å². The van der Waals surface area contributed by atoms with Crippen molar-refractivity contribution in [3.05, 3.63) is 69.7 Å². The second kappa shape index (κ2) is 5.34. The minimum absolute atomic E-state index is 0.0476. The third-order valence-electron chi connectivity index (χ3n) is 3.97. The van der Waals surface area contributed by atoms with E-state index in [9.17, 15) is 9.59 Å². The molecule has 3 rings (SSSR count). The van der Waals surface area contributed by atoms with E-state index in [-0.39, 0.29) is 17.6 Å². The number of primary amides is 1. The third-order valence-corrected chi connectivity index (χ3v) is 4.22. The van der Waals surface area contributed by atoms with E-state index in [0.29, 0.717) is 29.0 Å². The van der Waals surface area contributed by atoms with Gasteiger partial charge in [-0.1, -0.05) is 29.8 Å². The molecule has 1 atom stereocenters. The lowest BCUT2D eigenvalue weighted by molar-refractivity contribution is -0.119. The van der Waals surface area contributed by atoms with Crippen LogP contribution in [0.5, 0.6) is 0 Å². The highest BCUT2D eigenvalue weighted by atomic mass is 35.5. The molecule has 0 aromatic heterocycles. The Morgan fingerprint density at radius 2 is 1.81 bits per heavy atom. The molecule has 2 aromatic carbocycles. The number of fused-ring (bicyclic) bond motifs is 1. The lowest BCUT2D eigenvalue weighted by atomic mass is 9.94. The Bertz CT molecular complexity index is 722. The first-order valence-electron chi connectivity index (χ1n) is 6.79. The van der Waals surface area contributed by atoms with Gasteiger partial charge in [-0.2, -0.15) is 0 Å². The van der Waals surface area contributed by atoms with Crippen LogP contribution in [0, 0.1) is 0 Å². The molecule has 0 radical (unpaired) electrons. The van der Waals surface area contributed by atoms with Crippen LogP contribution in [0.15, 0.2) is 42.5 Å². The summed E-state index contributed by atoms with van der Waals surface area (Å²) in [5.74, 6) is -0.656. The first kappa shape index (κ1) is 13.8. The van der Waals surface area contributed by atoms with Crippen LogP contribution in [0.1, 0.15) is 39.4 Å². The number of nitrogens with two attached hydrogens (primary N) is 1. The number of ketones is 1. The summed E-state index contributed by atoms with van der Waals surface area (Å²) in [7, 11) is 0. The number of benzene rings is 2. The molecule has 1 aliphatic carbocycles. The molecule has 0 fully saturated rings. The molecule has 1 amide bonds. The second-order valence-corrected chi connectivity index (χ2v) is 5.64. The van der Waals surface area contributed by atoms with Crippen molar-refractivity contribution in [3.63, 3.8) is 0 Å². The van der Waals surface area contributed by atoms with Gasteiger partial charge >= 0.3 is 0 Å². The number of rotatable bonds is 3. The summed E-state index contributed by atoms with van der Waals surface area (Å²) in [6.07, 6.45) is 1.38. The number of carbonyl (C=O) groups is 2. The lowest BCUT2D eigenvalue weighted by Crippen LogP contribution is -2.19. The van der Waals surface area contributed by atoms with E-state index in [1.54, 1.807) is 30.3 Å². The summed E-state index contributed by atoms with van der Waals surface area (Å²) < 4.78 is 0. The Morgan fingerprint density at radius 1 is 1.10 bits per heavy atom. The van der Waals surface area contributed by atoms with Gasteiger partial charge in [0.05, 0.1) is 5.92 Å². The maximum Gasteiger partial charge on any atom is 0.224 e. The molecule has 0 heterocycles. The zero-order valence-corrected chi connectivity index (χ0v) is 12.1. The minimum Gasteiger partial charge on any atom is -0.369 e. The molecule has 3 nitrogen and oxygen atoms in total. The molecule has 0 bridgehead atoms. The zero-order chi connectivity index (χ0) is 15.0. The molecule has 0 spiro atoms. The maximum atomic E-state index is 12.6. The Kier molecular flexibility index (Phi) is 3.52. The van der Waals surface area contributed by atoms with Crippen LogP contribution < -0.4 is 5.73 Å². The smallest absolute Gasteiger partial charge is 0.224 e. The molecule has 1 unspecified atom stereocenters. The van der Waals surface area contributed by atoms with Gasteiger partial charge in [-0.25, -0.2) is 0 Å². The van der Waals surface area contributed by atoms with Crippen LogP contribution >= 0.6 is 11.6 Å². The van der Waals surface area contributed by atoms with Gasteiger partial charge in [0, 0.05) is 16.1 Å². The number of halogens is 1. The number of hydrogen-bond acceptors (Lipinski definition) is 2. The largest absolute Gasteiger partial charge is 0.369 e. The van der Waals surface area contributed by atoms with Crippen molar-refractivity contribution in [2.75, 3.05) is 0 Å². The fourth-order valence-electron chi connectivity index (χ4n) is 2.92. The molecule has 2 aromatic rings. The van der Waals surface area contributed by atoms with E-state index in [4.69, 9.17) is 17.3 Å². The maximum absolute atomic E-state index is 12.6. The highest BCUT2D eigenvalue weighted by Crippen LogP contribution is 2.35. The van der Waals surface area contributed by atoms with E-state index in [1.165, 1.54) is 0 Å². The second-order valence-electron chi connectivity index (χ2n) is 5.20. The molecule has 4 heteroatoms. The zero-order valence-electron chi connectivity index (χ0n) is 11.3. The van der Waals surface area contributed by atoms with Crippen molar-refractivity contribution in [2.45, 2.75) is 18.8 Å². The molecule has 21 heavy (non-hydrogen) atoms. The SMILES string of the molecule is NC(=O)C1CCc2c(C(=O)c3ccc(Cl)cc3)cccc21. The van der Waals surface area contributed by atoms with Gasteiger partial charge in [-0.3, -0.25) is 9.59 Å². The third kappa shape index (κ3) is 2.45. The Labute approximate surface area is 127 Å². The van der Waals surface area contributed by atoms with E-state index in [0.717, 1.165) is 11.1 Å². The molecule has 106 valence electrons. The van der Waals surface area contributed by atoms with E-state index in [2.05, 4.69) is 0 Å². The van der Waals surface area contributed by atoms with Gasteiger partial charge in [0.15, 0.2) is 5.78 Å². The number of carbonyl (C=O) groups excluding carboxylic acids is 2. The molecule has 2 N–H and O–H groups in total. The summed E-state index contributed by atoms with van der Waals surface area (Å²) in [6.45, 7) is 0. The molecule has 0 saturated carbocycles. The highest BCUT2D eigenvalue weighted by Gasteiger charge is 2.30. The summed E-state index contributed by atoms with van der Waals surface area (Å²) in [5.41, 5.74) is 8.51. The minimum atomic E-state index is -0.329. The quantitative estimate of drug-likeness (QED) is 0.885. The first-order chi connectivity index (χ1) is 10.1. The molecular formula is C17H14ClNO2. The molecule has 0 aliphatic heterocycles. The van der Waals surface area contributed by atoms with Crippen LogP contribution in [0.3, 0.4) is 0 Å². The van der Waals surface area contributed by atoms with Gasteiger partial charge in [-0.05, 0) is 48.2 Å². The fourth-order valence-corrected chi connectivity index (χ4v) is 3.05. The summed E-state index contributed by atoms with van der Waals surface area (Å²) in [6, 6.07) is 12.3. The standard InChI is InChI=1S/C17H14ClNO2/c18-11-6-4-10(5-7-11)16(20)14-3-1-2-12-13(14)8-9-15(12)17(19)21/h1-7,15H,8-9H2,(H2,19,21). The normalized spacial score (nSPS) is 16.5. The predicted octanol–water partition coefficient (Wildman–Crippen LogP) is 3.09. The Balaban J connectivity index is 2.03. The van der Waals surface area contributed by atoms with Crippen LogP contribution in [0.25, 0.3) is 0 Å². The predicted molar refractivity (Wildman–Crippen MR) is 81.6 cm³/mol. The summed E-state index contributed by atoms with van der Waals surface area (Å²) >= 11 is 5.85. The first-order valence-corrected chi connectivity index (χ1v) is 7.17. The number of hydrogen-bond donors (Lipinski definition) is 1. The molecule has 0 saturated heterocycles. The summed E-state index contributed by atoms with van der Waals surface area (Å²) in [4.78, 5) is 24.1. The van der Waals surface area contributed by atoms with E-state index >= 15 is 0 Å². The van der Waals surface area contributed by atoms with Crippen LogP contribution in [0.4, 0.5) is 0 Å².